The van der Waals surface area contributed by atoms with E-state index in [1.54, 1.807) is 12.1 Å². The number of aliphatic carboxylic acids is 1. The summed E-state index contributed by atoms with van der Waals surface area (Å²) < 4.78 is 0. The minimum absolute atomic E-state index is 0.149. The summed E-state index contributed by atoms with van der Waals surface area (Å²) >= 11 is 0. The molecule has 3 heteroatoms. The van der Waals surface area contributed by atoms with Crippen molar-refractivity contribution in [1.82, 2.24) is 0 Å². The third-order valence-electron chi connectivity index (χ3n) is 2.71. The zero-order valence-electron chi connectivity index (χ0n) is 7.73. The van der Waals surface area contributed by atoms with Gasteiger partial charge in [0.1, 0.15) is 5.75 Å². The van der Waals surface area contributed by atoms with Crippen molar-refractivity contribution in [3.63, 3.8) is 0 Å². The second kappa shape index (κ2) is 3.33. The van der Waals surface area contributed by atoms with Gasteiger partial charge in [0, 0.05) is 6.42 Å². The number of carboxylic acid groups (broad SMARTS) is 1. The third-order valence-corrected chi connectivity index (χ3v) is 2.71. The highest BCUT2D eigenvalue weighted by molar-refractivity contribution is 5.67. The highest BCUT2D eigenvalue weighted by Crippen LogP contribution is 2.34. The molecule has 2 N–H and O–H groups in total. The molecular formula is C11H12O3. The van der Waals surface area contributed by atoms with Gasteiger partial charge in [-0.2, -0.15) is 0 Å². The van der Waals surface area contributed by atoms with Gasteiger partial charge in [-0.15, -0.1) is 0 Å². The number of hydrogen-bond acceptors (Lipinski definition) is 2. The van der Waals surface area contributed by atoms with Crippen molar-refractivity contribution >= 4 is 5.97 Å². The Balaban J connectivity index is 2.18. The number of carboxylic acids is 1. The largest absolute Gasteiger partial charge is 0.508 e. The summed E-state index contributed by atoms with van der Waals surface area (Å²) in [6.07, 6.45) is 1.65. The molecule has 1 aliphatic carbocycles. The molecule has 0 bridgehead atoms. The Hall–Kier alpha value is -1.51. The van der Waals surface area contributed by atoms with Gasteiger partial charge in [0.2, 0.25) is 0 Å². The van der Waals surface area contributed by atoms with Crippen molar-refractivity contribution < 1.29 is 15.0 Å². The molecule has 0 heterocycles. The maximum atomic E-state index is 10.5. The van der Waals surface area contributed by atoms with Crippen LogP contribution in [0.1, 0.15) is 17.5 Å². The highest BCUT2D eigenvalue weighted by Gasteiger charge is 2.25. The van der Waals surface area contributed by atoms with E-state index in [0.29, 0.717) is 12.2 Å². The number of carbonyl (C=O) groups is 1. The van der Waals surface area contributed by atoms with E-state index in [0.717, 1.165) is 17.5 Å². The van der Waals surface area contributed by atoms with Gasteiger partial charge in [-0.3, -0.25) is 4.79 Å². The number of aromatic hydroxyl groups is 1. The molecule has 74 valence electrons. The van der Waals surface area contributed by atoms with Crippen LogP contribution < -0.4 is 0 Å². The molecule has 1 aromatic carbocycles. The van der Waals surface area contributed by atoms with Crippen LogP contribution in [0.3, 0.4) is 0 Å². The van der Waals surface area contributed by atoms with E-state index in [1.165, 1.54) is 0 Å². The van der Waals surface area contributed by atoms with Gasteiger partial charge in [0.25, 0.3) is 0 Å². The Morgan fingerprint density at radius 3 is 2.86 bits per heavy atom. The summed E-state index contributed by atoms with van der Waals surface area (Å²) in [5.74, 6) is -0.312. The lowest BCUT2D eigenvalue weighted by Crippen LogP contribution is -2.07. The fourth-order valence-corrected chi connectivity index (χ4v) is 2.11. The van der Waals surface area contributed by atoms with Crippen LogP contribution in [0.25, 0.3) is 0 Å². The molecule has 1 unspecified atom stereocenters. The van der Waals surface area contributed by atoms with Crippen molar-refractivity contribution in [2.45, 2.75) is 19.3 Å². The monoisotopic (exact) mass is 192 g/mol. The molecule has 0 amide bonds. The molecule has 0 saturated carbocycles. The average molecular weight is 192 g/mol. The first-order valence-corrected chi connectivity index (χ1v) is 4.68. The van der Waals surface area contributed by atoms with Gasteiger partial charge >= 0.3 is 5.97 Å². The van der Waals surface area contributed by atoms with Gasteiger partial charge < -0.3 is 10.2 Å². The first-order chi connectivity index (χ1) is 6.66. The fourth-order valence-electron chi connectivity index (χ4n) is 2.11. The minimum atomic E-state index is -0.762. The maximum absolute atomic E-state index is 10.5. The zero-order valence-corrected chi connectivity index (χ0v) is 7.73. The van der Waals surface area contributed by atoms with E-state index < -0.39 is 5.97 Å². The van der Waals surface area contributed by atoms with Gasteiger partial charge in [0.05, 0.1) is 0 Å². The second-order valence-corrected chi connectivity index (χ2v) is 3.79. The quantitative estimate of drug-likeness (QED) is 0.748. The Morgan fingerprint density at radius 1 is 1.43 bits per heavy atom. The van der Waals surface area contributed by atoms with Crippen LogP contribution in [0.15, 0.2) is 18.2 Å². The Morgan fingerprint density at radius 2 is 2.21 bits per heavy atom. The second-order valence-electron chi connectivity index (χ2n) is 3.79. The van der Waals surface area contributed by atoms with Crippen molar-refractivity contribution in [2.75, 3.05) is 0 Å². The summed E-state index contributed by atoms with van der Waals surface area (Å²) in [5.41, 5.74) is 2.02. The number of phenols is 1. The summed E-state index contributed by atoms with van der Waals surface area (Å²) in [6.45, 7) is 0. The molecule has 2 rings (SSSR count). The molecule has 1 aromatic rings. The summed E-state index contributed by atoms with van der Waals surface area (Å²) in [6, 6.07) is 5.41. The maximum Gasteiger partial charge on any atom is 0.303 e. The lowest BCUT2D eigenvalue weighted by molar-refractivity contribution is -0.138. The Kier molecular flexibility index (Phi) is 2.15. The highest BCUT2D eigenvalue weighted by atomic mass is 16.4. The number of hydrogen-bond donors (Lipinski definition) is 2. The predicted octanol–water partition coefficient (Wildman–Crippen LogP) is 1.58. The van der Waals surface area contributed by atoms with Crippen molar-refractivity contribution in [3.8, 4) is 5.75 Å². The van der Waals surface area contributed by atoms with E-state index in [2.05, 4.69) is 0 Å². The standard InChI is InChI=1S/C11H12O3/c12-10-3-1-2-8-4-7(5-9(8)10)6-11(13)14/h1-3,7,12H,4-6H2,(H,13,14). The number of fused-ring (bicyclic) bond motifs is 1. The van der Waals surface area contributed by atoms with Crippen LogP contribution >= 0.6 is 0 Å². The molecule has 0 aliphatic heterocycles. The minimum Gasteiger partial charge on any atom is -0.508 e. The molecule has 1 aliphatic rings. The number of rotatable bonds is 2. The van der Waals surface area contributed by atoms with E-state index in [9.17, 15) is 9.90 Å². The van der Waals surface area contributed by atoms with Crippen molar-refractivity contribution in [3.05, 3.63) is 29.3 Å². The van der Waals surface area contributed by atoms with E-state index in [4.69, 9.17) is 5.11 Å². The molecular weight excluding hydrogens is 180 g/mol. The van der Waals surface area contributed by atoms with Crippen LogP contribution in [0, 0.1) is 5.92 Å². The Bertz CT molecular complexity index is 371. The normalized spacial score (nSPS) is 19.3. The Labute approximate surface area is 82.0 Å². The van der Waals surface area contributed by atoms with Gasteiger partial charge in [0.15, 0.2) is 0 Å². The van der Waals surface area contributed by atoms with Crippen LogP contribution in [0.2, 0.25) is 0 Å². The molecule has 3 nitrogen and oxygen atoms in total. The van der Waals surface area contributed by atoms with Crippen LogP contribution in [-0.4, -0.2) is 16.2 Å². The number of phenolic OH excluding ortho intramolecular Hbond substituents is 1. The lowest BCUT2D eigenvalue weighted by Gasteiger charge is -2.03. The molecule has 0 aromatic heterocycles. The van der Waals surface area contributed by atoms with Gasteiger partial charge in [-0.25, -0.2) is 0 Å². The summed E-state index contributed by atoms with van der Waals surface area (Å²) in [5, 5.41) is 18.2. The van der Waals surface area contributed by atoms with Crippen LogP contribution in [0.4, 0.5) is 0 Å². The van der Waals surface area contributed by atoms with Crippen LogP contribution in [-0.2, 0) is 17.6 Å². The average Bonchev–Trinajstić information content (AvgIpc) is 2.47. The SMILES string of the molecule is O=C(O)CC1Cc2cccc(O)c2C1. The smallest absolute Gasteiger partial charge is 0.303 e. The molecule has 0 saturated heterocycles. The lowest BCUT2D eigenvalue weighted by atomic mass is 10.0. The third kappa shape index (κ3) is 1.58. The topological polar surface area (TPSA) is 57.5 Å². The van der Waals surface area contributed by atoms with Crippen molar-refractivity contribution in [1.29, 1.82) is 0 Å². The first-order valence-electron chi connectivity index (χ1n) is 4.68. The summed E-state index contributed by atoms with van der Waals surface area (Å²) in [7, 11) is 0. The first kappa shape index (κ1) is 9.06. The van der Waals surface area contributed by atoms with Gasteiger partial charge in [-0.1, -0.05) is 12.1 Å². The molecule has 0 fully saturated rings. The molecule has 0 spiro atoms. The zero-order chi connectivity index (χ0) is 10.1. The van der Waals surface area contributed by atoms with E-state index >= 15 is 0 Å². The van der Waals surface area contributed by atoms with E-state index in [1.807, 2.05) is 6.07 Å². The van der Waals surface area contributed by atoms with Crippen LogP contribution in [0.5, 0.6) is 5.75 Å². The van der Waals surface area contributed by atoms with Gasteiger partial charge in [-0.05, 0) is 36.0 Å². The van der Waals surface area contributed by atoms with E-state index in [-0.39, 0.29) is 12.3 Å². The fraction of sp³-hybridized carbons (Fsp3) is 0.364. The summed E-state index contributed by atoms with van der Waals surface area (Å²) in [4.78, 5) is 10.5. The predicted molar refractivity (Wildman–Crippen MR) is 51.3 cm³/mol. The molecule has 14 heavy (non-hydrogen) atoms. The number of benzene rings is 1. The molecule has 0 radical (unpaired) electrons. The van der Waals surface area contributed by atoms with Crippen molar-refractivity contribution in [2.24, 2.45) is 5.92 Å². The molecule has 1 atom stereocenters.